The van der Waals surface area contributed by atoms with Gasteiger partial charge in [0.1, 0.15) is 30.9 Å². The first-order valence-corrected chi connectivity index (χ1v) is 6.64. The van der Waals surface area contributed by atoms with E-state index in [1.165, 1.54) is 16.9 Å². The van der Waals surface area contributed by atoms with Crippen LogP contribution in [0.4, 0.5) is 5.69 Å². The molecule has 1 N–H and O–H groups in total. The third-order valence-electron chi connectivity index (χ3n) is 2.55. The Hall–Kier alpha value is -1.83. The number of rotatable bonds is 6. The average molecular weight is 332 g/mol. The fraction of sp³-hybridized carbons (Fsp3) is 0.250. The van der Waals surface area contributed by atoms with Crippen molar-refractivity contribution in [3.8, 4) is 5.75 Å². The zero-order chi connectivity index (χ0) is 15.4. The van der Waals surface area contributed by atoms with Crippen LogP contribution < -0.4 is 4.74 Å². The molecule has 1 unspecified atom stereocenters. The molecule has 21 heavy (non-hydrogen) atoms. The van der Waals surface area contributed by atoms with E-state index >= 15 is 0 Å². The van der Waals surface area contributed by atoms with Crippen LogP contribution in [-0.2, 0) is 6.54 Å². The van der Waals surface area contributed by atoms with Gasteiger partial charge in [0.2, 0.25) is 0 Å². The third-order valence-corrected chi connectivity index (χ3v) is 3.08. The fourth-order valence-corrected chi connectivity index (χ4v) is 2.06. The number of nitrogens with zero attached hydrogens (tertiary/aromatic N) is 3. The minimum atomic E-state index is -0.892. The number of hydrogen-bond acceptors (Lipinski definition) is 5. The lowest BCUT2D eigenvalue weighted by Gasteiger charge is -2.13. The van der Waals surface area contributed by atoms with Crippen LogP contribution in [0.15, 0.2) is 30.6 Å². The van der Waals surface area contributed by atoms with E-state index in [-0.39, 0.29) is 18.8 Å². The van der Waals surface area contributed by atoms with Gasteiger partial charge in [-0.05, 0) is 18.2 Å². The molecule has 112 valence electrons. The lowest BCUT2D eigenvalue weighted by Crippen LogP contribution is -2.23. The standard InChI is InChI=1S/C12H11Cl2N3O4/c13-8-1-2-12(11(14)3-8)21-7-10(18)6-16-5-9(4-15-16)17(19)20/h1-5,10,18H,6-7H2. The van der Waals surface area contributed by atoms with Gasteiger partial charge in [-0.15, -0.1) is 0 Å². The molecule has 0 aliphatic carbocycles. The van der Waals surface area contributed by atoms with E-state index in [0.717, 1.165) is 6.20 Å². The second-order valence-corrected chi connectivity index (χ2v) is 5.06. The summed E-state index contributed by atoms with van der Waals surface area (Å²) in [6, 6.07) is 4.74. The van der Waals surface area contributed by atoms with E-state index < -0.39 is 11.0 Å². The highest BCUT2D eigenvalue weighted by molar-refractivity contribution is 6.35. The Morgan fingerprint density at radius 3 is 2.86 bits per heavy atom. The van der Waals surface area contributed by atoms with Crippen LogP contribution in [0, 0.1) is 10.1 Å². The van der Waals surface area contributed by atoms with Crippen LogP contribution in [0.3, 0.4) is 0 Å². The molecule has 1 aromatic carbocycles. The van der Waals surface area contributed by atoms with Crippen molar-refractivity contribution in [3.05, 3.63) is 50.8 Å². The van der Waals surface area contributed by atoms with Crippen molar-refractivity contribution in [1.29, 1.82) is 0 Å². The summed E-state index contributed by atoms with van der Waals surface area (Å²) in [5.74, 6) is 0.395. The second-order valence-electron chi connectivity index (χ2n) is 4.22. The highest BCUT2D eigenvalue weighted by Crippen LogP contribution is 2.27. The van der Waals surface area contributed by atoms with E-state index in [0.29, 0.717) is 15.8 Å². The van der Waals surface area contributed by atoms with Crippen molar-refractivity contribution in [2.75, 3.05) is 6.61 Å². The van der Waals surface area contributed by atoms with Gasteiger partial charge in [-0.1, -0.05) is 23.2 Å². The molecule has 2 aromatic rings. The molecule has 0 aliphatic heterocycles. The van der Waals surface area contributed by atoms with Gasteiger partial charge in [-0.2, -0.15) is 5.10 Å². The van der Waals surface area contributed by atoms with Crippen LogP contribution in [-0.4, -0.2) is 32.5 Å². The Labute approximate surface area is 129 Å². The molecule has 2 rings (SSSR count). The first kappa shape index (κ1) is 15.6. The Morgan fingerprint density at radius 1 is 1.48 bits per heavy atom. The normalized spacial score (nSPS) is 12.1. The Balaban J connectivity index is 1.89. The van der Waals surface area contributed by atoms with E-state index in [9.17, 15) is 15.2 Å². The first-order valence-electron chi connectivity index (χ1n) is 5.88. The maximum atomic E-state index is 10.5. The smallest absolute Gasteiger partial charge is 0.306 e. The highest BCUT2D eigenvalue weighted by Gasteiger charge is 2.13. The molecule has 0 bridgehead atoms. The predicted molar refractivity (Wildman–Crippen MR) is 76.8 cm³/mol. The summed E-state index contributed by atoms with van der Waals surface area (Å²) in [6.45, 7) is 0.0358. The summed E-state index contributed by atoms with van der Waals surface area (Å²) >= 11 is 11.7. The molecule has 7 nitrogen and oxygen atoms in total. The van der Waals surface area contributed by atoms with Crippen LogP contribution in [0.5, 0.6) is 5.75 Å². The number of halogens is 2. The van der Waals surface area contributed by atoms with Crippen molar-refractivity contribution in [2.24, 2.45) is 0 Å². The summed E-state index contributed by atoms with van der Waals surface area (Å²) in [7, 11) is 0. The van der Waals surface area contributed by atoms with Gasteiger partial charge in [-0.25, -0.2) is 0 Å². The molecule has 1 heterocycles. The molecule has 0 saturated heterocycles. The minimum absolute atomic E-state index is 0.0327. The largest absolute Gasteiger partial charge is 0.489 e. The quantitative estimate of drug-likeness (QED) is 0.648. The zero-order valence-electron chi connectivity index (χ0n) is 10.6. The van der Waals surface area contributed by atoms with Crippen molar-refractivity contribution in [1.82, 2.24) is 9.78 Å². The number of hydrogen-bond donors (Lipinski definition) is 1. The SMILES string of the molecule is O=[N+]([O-])c1cnn(CC(O)COc2ccc(Cl)cc2Cl)c1. The number of benzene rings is 1. The molecule has 0 saturated carbocycles. The van der Waals surface area contributed by atoms with Crippen LogP contribution in [0.2, 0.25) is 10.0 Å². The molecule has 0 aliphatic rings. The van der Waals surface area contributed by atoms with Gasteiger partial charge in [0.15, 0.2) is 0 Å². The van der Waals surface area contributed by atoms with Crippen molar-refractivity contribution in [2.45, 2.75) is 12.6 Å². The van der Waals surface area contributed by atoms with Crippen molar-refractivity contribution < 1.29 is 14.8 Å². The Kier molecular flexibility index (Phi) is 5.00. The topological polar surface area (TPSA) is 90.4 Å². The molecule has 0 spiro atoms. The number of ether oxygens (including phenoxy) is 1. The van der Waals surface area contributed by atoms with Gasteiger partial charge in [0.05, 0.1) is 16.5 Å². The van der Waals surface area contributed by atoms with Gasteiger partial charge < -0.3 is 9.84 Å². The maximum absolute atomic E-state index is 10.5. The number of nitro groups is 1. The second kappa shape index (κ2) is 6.75. The first-order chi connectivity index (χ1) is 9.95. The summed E-state index contributed by atoms with van der Waals surface area (Å²) in [5, 5.41) is 24.9. The van der Waals surface area contributed by atoms with Crippen molar-refractivity contribution in [3.63, 3.8) is 0 Å². The summed E-state index contributed by atoms with van der Waals surface area (Å²) in [4.78, 5) is 9.96. The van der Waals surface area contributed by atoms with E-state index in [2.05, 4.69) is 5.10 Å². The fourth-order valence-electron chi connectivity index (χ4n) is 1.59. The number of aliphatic hydroxyl groups excluding tert-OH is 1. The third kappa shape index (κ3) is 4.32. The molecule has 1 atom stereocenters. The molecule has 1 aromatic heterocycles. The predicted octanol–water partition coefficient (Wildman–Crippen LogP) is 2.54. The summed E-state index contributed by atoms with van der Waals surface area (Å²) in [6.07, 6.45) is 1.46. The van der Waals surface area contributed by atoms with Gasteiger partial charge in [0, 0.05) is 5.02 Å². The Morgan fingerprint density at radius 2 is 2.24 bits per heavy atom. The molecular weight excluding hydrogens is 321 g/mol. The molecule has 9 heteroatoms. The van der Waals surface area contributed by atoms with Crippen LogP contribution in [0.1, 0.15) is 0 Å². The maximum Gasteiger partial charge on any atom is 0.306 e. The number of aliphatic hydroxyl groups is 1. The van der Waals surface area contributed by atoms with Crippen LogP contribution >= 0.6 is 23.2 Å². The van der Waals surface area contributed by atoms with E-state index in [4.69, 9.17) is 27.9 Å². The monoisotopic (exact) mass is 331 g/mol. The lowest BCUT2D eigenvalue weighted by molar-refractivity contribution is -0.385. The van der Waals surface area contributed by atoms with E-state index in [1.54, 1.807) is 12.1 Å². The molecule has 0 radical (unpaired) electrons. The van der Waals surface area contributed by atoms with Gasteiger partial charge >= 0.3 is 5.69 Å². The lowest BCUT2D eigenvalue weighted by atomic mass is 10.3. The van der Waals surface area contributed by atoms with Gasteiger partial charge in [0.25, 0.3) is 0 Å². The molecule has 0 fully saturated rings. The molecule has 0 amide bonds. The molecular formula is C12H11Cl2N3O4. The summed E-state index contributed by atoms with van der Waals surface area (Å²) < 4.78 is 6.64. The van der Waals surface area contributed by atoms with Gasteiger partial charge in [-0.3, -0.25) is 14.8 Å². The van der Waals surface area contributed by atoms with Crippen molar-refractivity contribution >= 4 is 28.9 Å². The minimum Gasteiger partial charge on any atom is -0.489 e. The van der Waals surface area contributed by atoms with E-state index in [1.807, 2.05) is 0 Å². The zero-order valence-corrected chi connectivity index (χ0v) is 12.2. The Bertz CT molecular complexity index is 647. The van der Waals surface area contributed by atoms with Crippen LogP contribution in [0.25, 0.3) is 0 Å². The summed E-state index contributed by atoms with van der Waals surface area (Å²) in [5.41, 5.74) is -0.135. The highest BCUT2D eigenvalue weighted by atomic mass is 35.5. The number of aromatic nitrogens is 2. The average Bonchev–Trinajstić information content (AvgIpc) is 2.86.